The average Bonchev–Trinajstić information content (AvgIpc) is 3.10. The van der Waals surface area contributed by atoms with Gasteiger partial charge in [0.2, 0.25) is 5.91 Å². The molecule has 0 spiro atoms. The number of amides is 1. The van der Waals surface area contributed by atoms with Gasteiger partial charge in [0, 0.05) is 18.2 Å². The van der Waals surface area contributed by atoms with E-state index in [-0.39, 0.29) is 17.5 Å². The first-order chi connectivity index (χ1) is 14.8. The van der Waals surface area contributed by atoms with Crippen LogP contribution in [0.25, 0.3) is 11.0 Å². The highest BCUT2D eigenvalue weighted by atomic mass is 19.4. The normalized spacial score (nSPS) is 16.0. The fraction of sp³-hybridized carbons (Fsp3) is 0.391. The molecule has 1 aliphatic rings. The van der Waals surface area contributed by atoms with Crippen molar-refractivity contribution in [3.8, 4) is 0 Å². The third kappa shape index (κ3) is 4.74. The van der Waals surface area contributed by atoms with Crippen LogP contribution in [0, 0.1) is 5.92 Å². The molecule has 0 radical (unpaired) electrons. The number of rotatable bonds is 5. The predicted octanol–water partition coefficient (Wildman–Crippen LogP) is 4.93. The third-order valence-corrected chi connectivity index (χ3v) is 5.83. The second-order valence-electron chi connectivity index (χ2n) is 7.88. The van der Waals surface area contributed by atoms with Crippen LogP contribution < -0.4 is 5.32 Å². The third-order valence-electron chi connectivity index (χ3n) is 5.83. The molecule has 0 bridgehead atoms. The van der Waals surface area contributed by atoms with Gasteiger partial charge in [-0.25, -0.2) is 4.98 Å². The number of imidazole rings is 1. The Morgan fingerprint density at radius 3 is 2.58 bits per heavy atom. The summed E-state index contributed by atoms with van der Waals surface area (Å²) in [5, 5.41) is 2.65. The summed E-state index contributed by atoms with van der Waals surface area (Å²) in [4.78, 5) is 19.6. The van der Waals surface area contributed by atoms with Gasteiger partial charge in [-0.3, -0.25) is 9.69 Å². The first kappa shape index (κ1) is 21.4. The summed E-state index contributed by atoms with van der Waals surface area (Å²) in [7, 11) is 0. The lowest BCUT2D eigenvalue weighted by molar-refractivity contribution is -0.137. The lowest BCUT2D eigenvalue weighted by Gasteiger charge is -2.31. The van der Waals surface area contributed by atoms with Crippen molar-refractivity contribution in [2.45, 2.75) is 39.0 Å². The average molecular weight is 430 g/mol. The zero-order chi connectivity index (χ0) is 22.0. The molecule has 3 aromatic rings. The number of hydrogen-bond acceptors (Lipinski definition) is 3. The van der Waals surface area contributed by atoms with E-state index in [1.165, 1.54) is 12.1 Å². The van der Waals surface area contributed by atoms with Gasteiger partial charge in [0.15, 0.2) is 0 Å². The van der Waals surface area contributed by atoms with E-state index >= 15 is 0 Å². The van der Waals surface area contributed by atoms with Gasteiger partial charge >= 0.3 is 6.18 Å². The number of piperidine rings is 1. The number of nitrogens with one attached hydrogen (secondary N) is 1. The van der Waals surface area contributed by atoms with Gasteiger partial charge in [0.05, 0.1) is 23.1 Å². The summed E-state index contributed by atoms with van der Waals surface area (Å²) in [5.41, 5.74) is 1.52. The van der Waals surface area contributed by atoms with E-state index in [9.17, 15) is 18.0 Å². The highest BCUT2D eigenvalue weighted by Gasteiger charge is 2.31. The highest BCUT2D eigenvalue weighted by molar-refractivity contribution is 5.92. The molecule has 1 N–H and O–H groups in total. The van der Waals surface area contributed by atoms with Gasteiger partial charge in [0.1, 0.15) is 5.82 Å². The number of fused-ring (bicyclic) bond motifs is 1. The molecule has 164 valence electrons. The van der Waals surface area contributed by atoms with Crippen molar-refractivity contribution in [3.05, 3.63) is 59.9 Å². The molecule has 2 heterocycles. The van der Waals surface area contributed by atoms with E-state index < -0.39 is 11.7 Å². The number of carbonyl (C=O) groups excluding carboxylic acids is 1. The quantitative estimate of drug-likeness (QED) is 0.625. The number of hydrogen-bond donors (Lipinski definition) is 1. The molecule has 31 heavy (non-hydrogen) atoms. The van der Waals surface area contributed by atoms with Crippen molar-refractivity contribution in [1.82, 2.24) is 14.5 Å². The fourth-order valence-electron chi connectivity index (χ4n) is 4.17. The molecule has 5 nitrogen and oxygen atoms in total. The summed E-state index contributed by atoms with van der Waals surface area (Å²) in [6.07, 6.45) is -3.10. The molecule has 0 unspecified atom stereocenters. The molecule has 1 aliphatic heterocycles. The molecule has 1 amide bonds. The van der Waals surface area contributed by atoms with Gasteiger partial charge in [-0.1, -0.05) is 18.2 Å². The Morgan fingerprint density at radius 1 is 1.13 bits per heavy atom. The maximum absolute atomic E-state index is 12.9. The fourth-order valence-corrected chi connectivity index (χ4v) is 4.17. The SMILES string of the molecule is CCn1c(CN2CCC(C(=O)Nc3cccc(C(F)(F)F)c3)CC2)nc2ccccc21. The van der Waals surface area contributed by atoms with Crippen LogP contribution in [0.1, 0.15) is 31.2 Å². The Labute approximate surface area is 178 Å². The largest absolute Gasteiger partial charge is 0.416 e. The van der Waals surface area contributed by atoms with Gasteiger partial charge in [0.25, 0.3) is 0 Å². The van der Waals surface area contributed by atoms with Crippen LogP contribution in [0.5, 0.6) is 0 Å². The lowest BCUT2D eigenvalue weighted by Crippen LogP contribution is -2.38. The predicted molar refractivity (Wildman–Crippen MR) is 113 cm³/mol. The van der Waals surface area contributed by atoms with Gasteiger partial charge in [-0.05, 0) is 63.2 Å². The van der Waals surface area contributed by atoms with Crippen LogP contribution in [-0.4, -0.2) is 33.4 Å². The Morgan fingerprint density at radius 2 is 1.87 bits per heavy atom. The van der Waals surface area contributed by atoms with Crippen molar-refractivity contribution in [1.29, 1.82) is 0 Å². The minimum absolute atomic E-state index is 0.180. The zero-order valence-electron chi connectivity index (χ0n) is 17.3. The number of carbonyl (C=O) groups is 1. The van der Waals surface area contributed by atoms with Crippen LogP contribution in [0.2, 0.25) is 0 Å². The zero-order valence-corrected chi connectivity index (χ0v) is 17.3. The van der Waals surface area contributed by atoms with E-state index in [0.29, 0.717) is 19.4 Å². The second-order valence-corrected chi connectivity index (χ2v) is 7.88. The Kier molecular flexibility index (Phi) is 6.00. The van der Waals surface area contributed by atoms with Crippen molar-refractivity contribution in [2.24, 2.45) is 5.92 Å². The van der Waals surface area contributed by atoms with Crippen LogP contribution in [-0.2, 0) is 24.1 Å². The van der Waals surface area contributed by atoms with E-state index in [1.807, 2.05) is 18.2 Å². The molecule has 4 rings (SSSR count). The second kappa shape index (κ2) is 8.70. The summed E-state index contributed by atoms with van der Waals surface area (Å²) < 4.78 is 40.8. The molecule has 1 saturated heterocycles. The molecule has 0 saturated carbocycles. The van der Waals surface area contributed by atoms with Crippen LogP contribution in [0.3, 0.4) is 0 Å². The van der Waals surface area contributed by atoms with E-state index in [4.69, 9.17) is 4.98 Å². The molecule has 0 atom stereocenters. The van der Waals surface area contributed by atoms with Gasteiger partial charge in [-0.15, -0.1) is 0 Å². The number of para-hydroxylation sites is 2. The monoisotopic (exact) mass is 430 g/mol. The number of aryl methyl sites for hydroxylation is 1. The summed E-state index contributed by atoms with van der Waals surface area (Å²) >= 11 is 0. The van der Waals surface area contributed by atoms with Gasteiger partial charge in [-0.2, -0.15) is 13.2 Å². The van der Waals surface area contributed by atoms with E-state index in [0.717, 1.165) is 48.6 Å². The smallest absolute Gasteiger partial charge is 0.327 e. The first-order valence-corrected chi connectivity index (χ1v) is 10.5. The standard InChI is InChI=1S/C23H25F3N4O/c1-2-30-20-9-4-3-8-19(20)28-21(30)15-29-12-10-16(11-13-29)22(31)27-18-7-5-6-17(14-18)23(24,25)26/h3-9,14,16H,2,10-13,15H2,1H3,(H,27,31). The summed E-state index contributed by atoms with van der Waals surface area (Å²) in [6, 6.07) is 12.8. The minimum atomic E-state index is -4.43. The van der Waals surface area contributed by atoms with Crippen LogP contribution in [0.15, 0.2) is 48.5 Å². The van der Waals surface area contributed by atoms with Crippen LogP contribution >= 0.6 is 0 Å². The summed E-state index contributed by atoms with van der Waals surface area (Å²) in [6.45, 7) is 5.14. The number of benzene rings is 2. The topological polar surface area (TPSA) is 50.2 Å². The number of anilines is 1. The van der Waals surface area contributed by atoms with Gasteiger partial charge < -0.3 is 9.88 Å². The lowest BCUT2D eigenvalue weighted by atomic mass is 9.95. The maximum atomic E-state index is 12.9. The molecule has 1 fully saturated rings. The highest BCUT2D eigenvalue weighted by Crippen LogP contribution is 2.31. The molecular formula is C23H25F3N4O. The number of aromatic nitrogens is 2. The Balaban J connectivity index is 1.35. The molecule has 0 aliphatic carbocycles. The Hall–Kier alpha value is -2.87. The van der Waals surface area contributed by atoms with Crippen molar-refractivity contribution < 1.29 is 18.0 Å². The number of halogens is 3. The number of nitrogens with zero attached hydrogens (tertiary/aromatic N) is 3. The maximum Gasteiger partial charge on any atom is 0.416 e. The number of likely N-dealkylation sites (tertiary alicyclic amines) is 1. The van der Waals surface area contributed by atoms with Crippen molar-refractivity contribution in [2.75, 3.05) is 18.4 Å². The Bertz CT molecular complexity index is 1070. The van der Waals surface area contributed by atoms with Crippen molar-refractivity contribution in [3.63, 3.8) is 0 Å². The number of alkyl halides is 3. The minimum Gasteiger partial charge on any atom is -0.327 e. The molecule has 8 heteroatoms. The summed E-state index contributed by atoms with van der Waals surface area (Å²) in [5.74, 6) is 0.575. The van der Waals surface area contributed by atoms with E-state index in [2.05, 4.69) is 27.8 Å². The van der Waals surface area contributed by atoms with E-state index in [1.54, 1.807) is 0 Å². The molecule has 2 aromatic carbocycles. The first-order valence-electron chi connectivity index (χ1n) is 10.5. The molecular weight excluding hydrogens is 405 g/mol. The van der Waals surface area contributed by atoms with Crippen LogP contribution in [0.4, 0.5) is 18.9 Å². The van der Waals surface area contributed by atoms with Crippen molar-refractivity contribution >= 4 is 22.6 Å². The molecule has 1 aromatic heterocycles.